The summed E-state index contributed by atoms with van der Waals surface area (Å²) < 4.78 is 7.20. The topological polar surface area (TPSA) is 63.5 Å². The third kappa shape index (κ3) is 6.04. The quantitative estimate of drug-likeness (QED) is 0.421. The van der Waals surface area contributed by atoms with Crippen LogP contribution >= 0.6 is 0 Å². The van der Waals surface area contributed by atoms with E-state index < -0.39 is 0 Å². The van der Waals surface area contributed by atoms with Gasteiger partial charge in [0.25, 0.3) is 0 Å². The maximum Gasteiger partial charge on any atom is 0.191 e. The lowest BCUT2D eigenvalue weighted by atomic mass is 10.3. The van der Waals surface area contributed by atoms with Crippen LogP contribution in [0, 0.1) is 0 Å². The highest BCUT2D eigenvalue weighted by Gasteiger charge is 2.02. The first-order valence-electron chi connectivity index (χ1n) is 8.53. The normalized spacial score (nSPS) is 11.5. The molecule has 0 atom stereocenters. The second kappa shape index (κ2) is 10.4. The largest absolute Gasteiger partial charge is 0.382 e. The molecule has 1 aromatic heterocycles. The zero-order chi connectivity index (χ0) is 17.0. The number of nitrogens with zero attached hydrogens (tertiary/aromatic N) is 3. The Labute approximate surface area is 143 Å². The van der Waals surface area contributed by atoms with Gasteiger partial charge in [-0.25, -0.2) is 9.67 Å². The maximum atomic E-state index is 5.34. The predicted molar refractivity (Wildman–Crippen MR) is 97.5 cm³/mol. The van der Waals surface area contributed by atoms with E-state index in [-0.39, 0.29) is 0 Å². The lowest BCUT2D eigenvalue weighted by Gasteiger charge is -2.10. The molecule has 0 fully saturated rings. The van der Waals surface area contributed by atoms with Gasteiger partial charge in [-0.1, -0.05) is 18.2 Å². The van der Waals surface area contributed by atoms with E-state index in [1.54, 1.807) is 0 Å². The van der Waals surface area contributed by atoms with Crippen molar-refractivity contribution in [3.63, 3.8) is 0 Å². The van der Waals surface area contributed by atoms with Gasteiger partial charge in [-0.05, 0) is 38.5 Å². The number of ether oxygens (including phenoxy) is 1. The number of aliphatic imine (C=N–C) groups is 1. The van der Waals surface area contributed by atoms with Gasteiger partial charge in [0.1, 0.15) is 0 Å². The minimum Gasteiger partial charge on any atom is -0.382 e. The van der Waals surface area contributed by atoms with Crippen LogP contribution in [0.15, 0.2) is 47.6 Å². The molecule has 6 nitrogen and oxygen atoms in total. The summed E-state index contributed by atoms with van der Waals surface area (Å²) in [6, 6.07) is 12.1. The van der Waals surface area contributed by atoms with E-state index in [1.165, 1.54) is 0 Å². The molecule has 24 heavy (non-hydrogen) atoms. The molecule has 0 bridgehead atoms. The van der Waals surface area contributed by atoms with Crippen molar-refractivity contribution in [2.24, 2.45) is 4.99 Å². The molecule has 0 aliphatic rings. The van der Waals surface area contributed by atoms with E-state index in [9.17, 15) is 0 Å². The third-order valence-corrected chi connectivity index (χ3v) is 3.37. The Bertz CT molecular complexity index is 609. The Balaban J connectivity index is 1.87. The van der Waals surface area contributed by atoms with Gasteiger partial charge < -0.3 is 15.4 Å². The van der Waals surface area contributed by atoms with E-state index in [2.05, 4.69) is 27.6 Å². The second-order valence-electron chi connectivity index (χ2n) is 5.26. The first-order chi connectivity index (χ1) is 11.8. The van der Waals surface area contributed by atoms with Crippen LogP contribution in [-0.4, -0.2) is 42.0 Å². The predicted octanol–water partition coefficient (Wildman–Crippen LogP) is 2.35. The van der Waals surface area contributed by atoms with E-state index in [0.717, 1.165) is 50.1 Å². The van der Waals surface area contributed by atoms with Crippen molar-refractivity contribution < 1.29 is 4.74 Å². The highest BCUT2D eigenvalue weighted by atomic mass is 16.5. The number of rotatable bonds is 9. The number of guanidine groups is 1. The lowest BCUT2D eigenvalue weighted by Crippen LogP contribution is -2.38. The number of benzene rings is 1. The molecule has 6 heteroatoms. The van der Waals surface area contributed by atoms with Crippen LogP contribution in [0.25, 0.3) is 5.69 Å². The van der Waals surface area contributed by atoms with Crippen LogP contribution in [0.4, 0.5) is 0 Å². The monoisotopic (exact) mass is 329 g/mol. The molecular formula is C18H27N5O. The second-order valence-corrected chi connectivity index (χ2v) is 5.26. The molecule has 1 aromatic carbocycles. The van der Waals surface area contributed by atoms with Crippen molar-refractivity contribution in [1.29, 1.82) is 0 Å². The molecule has 2 N–H and O–H groups in total. The Kier molecular flexibility index (Phi) is 7.83. The molecule has 0 aliphatic carbocycles. The number of nitrogens with one attached hydrogen (secondary N) is 2. The van der Waals surface area contributed by atoms with Crippen LogP contribution in [0.5, 0.6) is 0 Å². The lowest BCUT2D eigenvalue weighted by molar-refractivity contribution is 0.145. The molecule has 0 unspecified atom stereocenters. The molecule has 0 aliphatic heterocycles. The average Bonchev–Trinajstić information content (AvgIpc) is 3.09. The van der Waals surface area contributed by atoms with Gasteiger partial charge in [0.2, 0.25) is 0 Å². The van der Waals surface area contributed by atoms with Crippen molar-refractivity contribution in [2.45, 2.75) is 26.8 Å². The standard InChI is InChI=1S/C18H27N5O/c1-3-19-18(20-12-8-14-24-4-2)21-15-16-11-13-23(22-16)17-9-6-5-7-10-17/h5-7,9-11,13H,3-4,8,12,14-15H2,1-2H3,(H2,19,20,21). The molecule has 0 radical (unpaired) electrons. The Morgan fingerprint density at radius 2 is 2.00 bits per heavy atom. The molecule has 0 saturated heterocycles. The van der Waals surface area contributed by atoms with Crippen LogP contribution in [0.3, 0.4) is 0 Å². The van der Waals surface area contributed by atoms with E-state index in [0.29, 0.717) is 6.54 Å². The molecular weight excluding hydrogens is 302 g/mol. The van der Waals surface area contributed by atoms with E-state index in [1.807, 2.05) is 54.2 Å². The van der Waals surface area contributed by atoms with Crippen molar-refractivity contribution in [3.8, 4) is 5.69 Å². The van der Waals surface area contributed by atoms with Crippen LogP contribution in [0.1, 0.15) is 26.0 Å². The summed E-state index contributed by atoms with van der Waals surface area (Å²) >= 11 is 0. The molecule has 0 amide bonds. The molecule has 0 saturated carbocycles. The molecule has 0 spiro atoms. The van der Waals surface area contributed by atoms with Gasteiger partial charge in [0.15, 0.2) is 5.96 Å². The number of para-hydroxylation sites is 1. The van der Waals surface area contributed by atoms with E-state index in [4.69, 9.17) is 4.74 Å². The Morgan fingerprint density at radius 1 is 1.17 bits per heavy atom. The van der Waals surface area contributed by atoms with Crippen molar-refractivity contribution >= 4 is 5.96 Å². The number of hydrogen-bond donors (Lipinski definition) is 2. The van der Waals surface area contributed by atoms with E-state index >= 15 is 0 Å². The number of hydrogen-bond acceptors (Lipinski definition) is 3. The summed E-state index contributed by atoms with van der Waals surface area (Å²) in [5, 5.41) is 11.1. The summed E-state index contributed by atoms with van der Waals surface area (Å²) in [5.74, 6) is 0.809. The maximum absolute atomic E-state index is 5.34. The first kappa shape index (κ1) is 18.0. The van der Waals surface area contributed by atoms with Gasteiger partial charge in [-0.3, -0.25) is 0 Å². The fourth-order valence-electron chi connectivity index (χ4n) is 2.20. The van der Waals surface area contributed by atoms with Crippen LogP contribution in [0.2, 0.25) is 0 Å². The van der Waals surface area contributed by atoms with Gasteiger partial charge >= 0.3 is 0 Å². The highest BCUT2D eigenvalue weighted by Crippen LogP contribution is 2.07. The van der Waals surface area contributed by atoms with Gasteiger partial charge in [0, 0.05) is 32.5 Å². The zero-order valence-corrected chi connectivity index (χ0v) is 14.5. The van der Waals surface area contributed by atoms with Crippen molar-refractivity contribution in [2.75, 3.05) is 26.3 Å². The minimum atomic E-state index is 0.542. The summed E-state index contributed by atoms with van der Waals surface area (Å²) in [4.78, 5) is 4.59. The summed E-state index contributed by atoms with van der Waals surface area (Å²) in [7, 11) is 0. The Morgan fingerprint density at radius 3 is 2.75 bits per heavy atom. The minimum absolute atomic E-state index is 0.542. The first-order valence-corrected chi connectivity index (χ1v) is 8.53. The zero-order valence-electron chi connectivity index (χ0n) is 14.5. The highest BCUT2D eigenvalue weighted by molar-refractivity contribution is 5.79. The summed E-state index contributed by atoms with van der Waals surface area (Å²) in [5.41, 5.74) is 1.99. The fourth-order valence-corrected chi connectivity index (χ4v) is 2.20. The van der Waals surface area contributed by atoms with Crippen LogP contribution < -0.4 is 10.6 Å². The van der Waals surface area contributed by atoms with Gasteiger partial charge in [0.05, 0.1) is 17.9 Å². The average molecular weight is 329 g/mol. The van der Waals surface area contributed by atoms with Gasteiger partial charge in [-0.15, -0.1) is 0 Å². The van der Waals surface area contributed by atoms with Crippen molar-refractivity contribution in [1.82, 2.24) is 20.4 Å². The fraction of sp³-hybridized carbons (Fsp3) is 0.444. The summed E-state index contributed by atoms with van der Waals surface area (Å²) in [6.07, 6.45) is 2.92. The molecule has 2 rings (SSSR count). The smallest absolute Gasteiger partial charge is 0.191 e. The SMILES string of the molecule is CCNC(=NCc1ccn(-c2ccccc2)n1)NCCCOCC. The number of aromatic nitrogens is 2. The summed E-state index contributed by atoms with van der Waals surface area (Å²) in [6.45, 7) is 7.80. The van der Waals surface area contributed by atoms with Crippen LogP contribution in [-0.2, 0) is 11.3 Å². The molecule has 130 valence electrons. The van der Waals surface area contributed by atoms with Gasteiger partial charge in [-0.2, -0.15) is 5.10 Å². The molecule has 2 aromatic rings. The molecule has 1 heterocycles. The third-order valence-electron chi connectivity index (χ3n) is 3.37. The Hall–Kier alpha value is -2.34. The van der Waals surface area contributed by atoms with Crippen molar-refractivity contribution in [3.05, 3.63) is 48.3 Å².